The van der Waals surface area contributed by atoms with Crippen LogP contribution in [0.3, 0.4) is 0 Å². The number of amides is 1. The maximum atomic E-state index is 13.8. The molecule has 0 saturated carbocycles. The molecule has 0 bridgehead atoms. The van der Waals surface area contributed by atoms with Crippen LogP contribution in [0.1, 0.15) is 11.3 Å². The Kier molecular flexibility index (Phi) is 5.33. The number of hydrogen-bond donors (Lipinski definition) is 1. The van der Waals surface area contributed by atoms with Gasteiger partial charge in [0.1, 0.15) is 10.8 Å². The second kappa shape index (κ2) is 7.84. The molecule has 0 aliphatic carbocycles. The lowest BCUT2D eigenvalue weighted by molar-refractivity contribution is -0.120. The Bertz CT molecular complexity index is 817. The van der Waals surface area contributed by atoms with Gasteiger partial charge < -0.3 is 5.32 Å². The van der Waals surface area contributed by atoms with E-state index in [1.54, 1.807) is 18.2 Å². The zero-order valence-corrected chi connectivity index (χ0v) is 13.9. The maximum absolute atomic E-state index is 13.8. The molecule has 3 rings (SSSR count). The number of rotatable bonds is 6. The second-order valence-corrected chi connectivity index (χ2v) is 6.24. The van der Waals surface area contributed by atoms with Gasteiger partial charge in [-0.05, 0) is 17.7 Å². The van der Waals surface area contributed by atoms with E-state index in [-0.39, 0.29) is 11.7 Å². The third kappa shape index (κ3) is 4.26. The van der Waals surface area contributed by atoms with Gasteiger partial charge in [0, 0.05) is 23.9 Å². The summed E-state index contributed by atoms with van der Waals surface area (Å²) >= 11 is 1.41. The molecule has 0 fully saturated rings. The van der Waals surface area contributed by atoms with E-state index in [1.807, 2.05) is 35.7 Å². The van der Waals surface area contributed by atoms with Gasteiger partial charge in [-0.25, -0.2) is 9.37 Å². The van der Waals surface area contributed by atoms with Gasteiger partial charge in [-0.1, -0.05) is 42.5 Å². The molecule has 1 aromatic heterocycles. The molecule has 2 aromatic carbocycles. The predicted octanol–water partition coefficient (Wildman–Crippen LogP) is 3.85. The van der Waals surface area contributed by atoms with Crippen molar-refractivity contribution in [2.24, 2.45) is 0 Å². The number of thiazole rings is 1. The van der Waals surface area contributed by atoms with E-state index in [0.29, 0.717) is 30.0 Å². The molecule has 0 atom stereocenters. The smallest absolute Gasteiger partial charge is 0.224 e. The quantitative estimate of drug-likeness (QED) is 0.740. The van der Waals surface area contributed by atoms with E-state index < -0.39 is 0 Å². The Morgan fingerprint density at radius 3 is 2.62 bits per heavy atom. The van der Waals surface area contributed by atoms with E-state index in [1.165, 1.54) is 17.4 Å². The lowest BCUT2D eigenvalue weighted by Crippen LogP contribution is -2.27. The maximum Gasteiger partial charge on any atom is 0.224 e. The van der Waals surface area contributed by atoms with Gasteiger partial charge in [0.25, 0.3) is 0 Å². The highest BCUT2D eigenvalue weighted by Gasteiger charge is 2.09. The zero-order valence-electron chi connectivity index (χ0n) is 13.0. The number of nitrogens with one attached hydrogen (secondary N) is 1. The average Bonchev–Trinajstić information content (AvgIpc) is 3.05. The second-order valence-electron chi connectivity index (χ2n) is 5.39. The molecule has 0 radical (unpaired) electrons. The molecule has 3 nitrogen and oxygen atoms in total. The summed E-state index contributed by atoms with van der Waals surface area (Å²) in [4.78, 5) is 16.3. The van der Waals surface area contributed by atoms with Crippen molar-refractivity contribution in [3.8, 4) is 10.6 Å². The standard InChI is InChI=1S/C19H17FN2OS/c20-17-9-5-4-8-16(17)19-22-15(13-24-19)10-11-21-18(23)12-14-6-2-1-3-7-14/h1-9,13H,10-12H2,(H,21,23). The van der Waals surface area contributed by atoms with Crippen molar-refractivity contribution in [1.82, 2.24) is 10.3 Å². The Hall–Kier alpha value is -2.53. The number of halogens is 1. The molecule has 1 N–H and O–H groups in total. The third-order valence-corrected chi connectivity index (χ3v) is 4.49. The molecular formula is C19H17FN2OS. The number of carbonyl (C=O) groups excluding carboxylic acids is 1. The van der Waals surface area contributed by atoms with Crippen LogP contribution in [-0.2, 0) is 17.6 Å². The molecule has 1 heterocycles. The van der Waals surface area contributed by atoms with E-state index in [2.05, 4.69) is 10.3 Å². The highest BCUT2D eigenvalue weighted by molar-refractivity contribution is 7.13. The molecule has 5 heteroatoms. The summed E-state index contributed by atoms with van der Waals surface area (Å²) in [7, 11) is 0. The van der Waals surface area contributed by atoms with Crippen LogP contribution in [0.15, 0.2) is 60.0 Å². The SMILES string of the molecule is O=C(Cc1ccccc1)NCCc1csc(-c2ccccc2F)n1. The molecule has 0 aliphatic rings. The molecule has 0 aliphatic heterocycles. The topological polar surface area (TPSA) is 42.0 Å². The van der Waals surface area contributed by atoms with Crippen LogP contribution < -0.4 is 5.32 Å². The van der Waals surface area contributed by atoms with Crippen LogP contribution in [0.2, 0.25) is 0 Å². The fourth-order valence-corrected chi connectivity index (χ4v) is 3.23. The highest BCUT2D eigenvalue weighted by Crippen LogP contribution is 2.26. The average molecular weight is 340 g/mol. The van der Waals surface area contributed by atoms with Crippen LogP contribution in [0.5, 0.6) is 0 Å². The molecule has 122 valence electrons. The first-order valence-electron chi connectivity index (χ1n) is 7.72. The van der Waals surface area contributed by atoms with Crippen molar-refractivity contribution in [1.29, 1.82) is 0 Å². The summed E-state index contributed by atoms with van der Waals surface area (Å²) in [6, 6.07) is 16.2. The lowest BCUT2D eigenvalue weighted by Gasteiger charge is -2.04. The number of benzene rings is 2. The molecule has 1 amide bonds. The highest BCUT2D eigenvalue weighted by atomic mass is 32.1. The van der Waals surface area contributed by atoms with Crippen molar-refractivity contribution in [2.75, 3.05) is 6.54 Å². The summed E-state index contributed by atoms with van der Waals surface area (Å²) in [6.45, 7) is 0.520. The molecular weight excluding hydrogens is 323 g/mol. The van der Waals surface area contributed by atoms with E-state index in [0.717, 1.165) is 11.3 Å². The molecule has 0 unspecified atom stereocenters. The van der Waals surface area contributed by atoms with E-state index in [4.69, 9.17) is 0 Å². The van der Waals surface area contributed by atoms with Gasteiger partial charge in [-0.15, -0.1) is 11.3 Å². The first kappa shape index (κ1) is 16.3. The molecule has 24 heavy (non-hydrogen) atoms. The van der Waals surface area contributed by atoms with Gasteiger partial charge in [0.15, 0.2) is 0 Å². The van der Waals surface area contributed by atoms with Gasteiger partial charge >= 0.3 is 0 Å². The van der Waals surface area contributed by atoms with Crippen molar-refractivity contribution in [3.05, 3.63) is 77.1 Å². The largest absolute Gasteiger partial charge is 0.355 e. The molecule has 0 saturated heterocycles. The summed E-state index contributed by atoms with van der Waals surface area (Å²) in [6.07, 6.45) is 1.00. The Morgan fingerprint density at radius 2 is 1.83 bits per heavy atom. The predicted molar refractivity (Wildman–Crippen MR) is 94.4 cm³/mol. The number of nitrogens with zero attached hydrogens (tertiary/aromatic N) is 1. The van der Waals surface area contributed by atoms with Crippen molar-refractivity contribution >= 4 is 17.2 Å². The summed E-state index contributed by atoms with van der Waals surface area (Å²) in [5, 5.41) is 5.46. The lowest BCUT2D eigenvalue weighted by atomic mass is 10.1. The van der Waals surface area contributed by atoms with Crippen LogP contribution >= 0.6 is 11.3 Å². The summed E-state index contributed by atoms with van der Waals surface area (Å²) in [5.41, 5.74) is 2.37. The summed E-state index contributed by atoms with van der Waals surface area (Å²) in [5.74, 6) is -0.277. The normalized spacial score (nSPS) is 10.5. The number of carbonyl (C=O) groups is 1. The van der Waals surface area contributed by atoms with Gasteiger partial charge in [-0.3, -0.25) is 4.79 Å². The van der Waals surface area contributed by atoms with Crippen LogP contribution in [-0.4, -0.2) is 17.4 Å². The first-order chi connectivity index (χ1) is 11.7. The molecule has 3 aromatic rings. The summed E-state index contributed by atoms with van der Waals surface area (Å²) < 4.78 is 13.8. The van der Waals surface area contributed by atoms with E-state index in [9.17, 15) is 9.18 Å². The van der Waals surface area contributed by atoms with Crippen LogP contribution in [0, 0.1) is 5.82 Å². The molecule has 0 spiro atoms. The minimum absolute atomic E-state index is 0.00856. The third-order valence-electron chi connectivity index (χ3n) is 3.57. The van der Waals surface area contributed by atoms with Gasteiger partial charge in [0.05, 0.1) is 12.1 Å². The fraction of sp³-hybridized carbons (Fsp3) is 0.158. The van der Waals surface area contributed by atoms with Crippen LogP contribution in [0.4, 0.5) is 4.39 Å². The van der Waals surface area contributed by atoms with E-state index >= 15 is 0 Å². The van der Waals surface area contributed by atoms with Crippen molar-refractivity contribution in [2.45, 2.75) is 12.8 Å². The fourth-order valence-electron chi connectivity index (χ4n) is 2.35. The van der Waals surface area contributed by atoms with Crippen molar-refractivity contribution < 1.29 is 9.18 Å². The number of hydrogen-bond acceptors (Lipinski definition) is 3. The van der Waals surface area contributed by atoms with Gasteiger partial charge in [-0.2, -0.15) is 0 Å². The van der Waals surface area contributed by atoms with Gasteiger partial charge in [0.2, 0.25) is 5.91 Å². The minimum Gasteiger partial charge on any atom is -0.355 e. The minimum atomic E-state index is -0.269. The monoisotopic (exact) mass is 340 g/mol. The Balaban J connectivity index is 1.51. The zero-order chi connectivity index (χ0) is 16.8. The Labute approximate surface area is 144 Å². The van der Waals surface area contributed by atoms with Crippen molar-refractivity contribution in [3.63, 3.8) is 0 Å². The first-order valence-corrected chi connectivity index (χ1v) is 8.60. The van der Waals surface area contributed by atoms with Crippen LogP contribution in [0.25, 0.3) is 10.6 Å². The Morgan fingerprint density at radius 1 is 1.08 bits per heavy atom. The number of aromatic nitrogens is 1.